The second-order valence-corrected chi connectivity index (χ2v) is 9.89. The summed E-state index contributed by atoms with van der Waals surface area (Å²) in [5, 5.41) is 26.4. The standard InChI is InChI=1S/C21H30N4O7S/c1-13(2)11-22-18(27)10-17(26)19(28)15(9-14-7-5-4-6-8-14)23-20(29)16-12-32-21(24-16)25-33(3,30)31/h4-8,12-13,15,17,19,26,28H,9-11H2,1-3H3,(H,22,27)(H,23,29)(H,24,25). The number of carbonyl (C=O) groups is 2. The number of hydrogen-bond donors (Lipinski definition) is 5. The van der Waals surface area contributed by atoms with Gasteiger partial charge in [0.2, 0.25) is 15.9 Å². The molecule has 0 bridgehead atoms. The molecule has 1 heterocycles. The molecule has 182 valence electrons. The predicted molar refractivity (Wildman–Crippen MR) is 121 cm³/mol. The van der Waals surface area contributed by atoms with Crippen molar-refractivity contribution in [1.82, 2.24) is 15.6 Å². The summed E-state index contributed by atoms with van der Waals surface area (Å²) in [5.41, 5.74) is 0.550. The molecule has 0 aliphatic carbocycles. The maximum atomic E-state index is 12.7. The van der Waals surface area contributed by atoms with Crippen molar-refractivity contribution in [2.45, 2.75) is 44.9 Å². The molecule has 0 aliphatic rings. The van der Waals surface area contributed by atoms with Crippen LogP contribution < -0.4 is 15.4 Å². The molecule has 33 heavy (non-hydrogen) atoms. The number of aliphatic hydroxyl groups is 2. The van der Waals surface area contributed by atoms with E-state index in [0.717, 1.165) is 18.1 Å². The number of amides is 2. The smallest absolute Gasteiger partial charge is 0.309 e. The lowest BCUT2D eigenvalue weighted by Gasteiger charge is -2.27. The van der Waals surface area contributed by atoms with Crippen LogP contribution in [0.5, 0.6) is 0 Å². The molecule has 3 atom stereocenters. The first-order valence-corrected chi connectivity index (χ1v) is 12.2. The second kappa shape index (κ2) is 11.8. The van der Waals surface area contributed by atoms with Crippen molar-refractivity contribution in [2.24, 2.45) is 5.92 Å². The molecule has 1 aromatic carbocycles. The third-order valence-electron chi connectivity index (χ3n) is 4.53. The van der Waals surface area contributed by atoms with Crippen molar-refractivity contribution in [3.05, 3.63) is 47.9 Å². The first-order chi connectivity index (χ1) is 15.4. The van der Waals surface area contributed by atoms with Crippen LogP contribution in [0.4, 0.5) is 6.01 Å². The van der Waals surface area contributed by atoms with Crippen molar-refractivity contribution in [2.75, 3.05) is 17.5 Å². The fraction of sp³-hybridized carbons (Fsp3) is 0.476. The summed E-state index contributed by atoms with van der Waals surface area (Å²) < 4.78 is 29.5. The van der Waals surface area contributed by atoms with Crippen molar-refractivity contribution >= 4 is 27.9 Å². The number of anilines is 1. The van der Waals surface area contributed by atoms with Crippen molar-refractivity contribution in [3.63, 3.8) is 0 Å². The third-order valence-corrected chi connectivity index (χ3v) is 5.08. The molecule has 12 heteroatoms. The Morgan fingerprint density at radius 3 is 2.42 bits per heavy atom. The van der Waals surface area contributed by atoms with Gasteiger partial charge in [-0.15, -0.1) is 0 Å². The number of benzene rings is 1. The number of rotatable bonds is 12. The van der Waals surface area contributed by atoms with Crippen molar-refractivity contribution < 1.29 is 32.6 Å². The Morgan fingerprint density at radius 2 is 1.82 bits per heavy atom. The van der Waals surface area contributed by atoms with Crippen molar-refractivity contribution in [1.29, 1.82) is 0 Å². The van der Waals surface area contributed by atoms with Gasteiger partial charge in [0.1, 0.15) is 12.4 Å². The first kappa shape index (κ1) is 26.3. The highest BCUT2D eigenvalue weighted by Crippen LogP contribution is 2.14. The topological polar surface area (TPSA) is 171 Å². The number of nitrogens with zero attached hydrogens (tertiary/aromatic N) is 1. The zero-order valence-electron chi connectivity index (χ0n) is 18.7. The Kier molecular flexibility index (Phi) is 9.38. The number of aromatic nitrogens is 1. The molecule has 0 spiro atoms. The van der Waals surface area contributed by atoms with E-state index in [-0.39, 0.29) is 30.5 Å². The van der Waals surface area contributed by atoms with Crippen LogP contribution in [-0.2, 0) is 21.2 Å². The SMILES string of the molecule is CC(C)CNC(=O)CC(O)C(O)C(Cc1ccccc1)NC(=O)c1coc(NS(C)(=O)=O)n1. The molecule has 0 fully saturated rings. The van der Waals surface area contributed by atoms with Crippen LogP contribution in [-0.4, -0.2) is 66.5 Å². The molecule has 0 radical (unpaired) electrons. The Bertz CT molecular complexity index is 1020. The quantitative estimate of drug-likeness (QED) is 0.287. The van der Waals surface area contributed by atoms with Gasteiger partial charge in [-0.1, -0.05) is 44.2 Å². The Hall–Kier alpha value is -2.96. The monoisotopic (exact) mass is 482 g/mol. The molecule has 11 nitrogen and oxygen atoms in total. The maximum absolute atomic E-state index is 12.7. The molecule has 0 saturated heterocycles. The van der Waals surface area contributed by atoms with Crippen LogP contribution in [0.2, 0.25) is 0 Å². The zero-order chi connectivity index (χ0) is 24.6. The minimum atomic E-state index is -3.65. The van der Waals surface area contributed by atoms with Crippen LogP contribution in [0.15, 0.2) is 41.0 Å². The number of aliphatic hydroxyl groups excluding tert-OH is 2. The van der Waals surface area contributed by atoms with E-state index in [9.17, 15) is 28.2 Å². The molecular weight excluding hydrogens is 452 g/mol. The molecule has 2 aromatic rings. The number of oxazole rings is 1. The minimum Gasteiger partial charge on any atom is -0.431 e. The van der Waals surface area contributed by atoms with Gasteiger partial charge < -0.3 is 25.3 Å². The largest absolute Gasteiger partial charge is 0.431 e. The molecule has 3 unspecified atom stereocenters. The molecule has 0 aliphatic heterocycles. The zero-order valence-corrected chi connectivity index (χ0v) is 19.5. The van der Waals surface area contributed by atoms with E-state index in [1.165, 1.54) is 0 Å². The summed E-state index contributed by atoms with van der Waals surface area (Å²) in [6, 6.07) is 7.61. The molecule has 1 aromatic heterocycles. The van der Waals surface area contributed by atoms with E-state index in [2.05, 4.69) is 15.6 Å². The molecule has 2 amide bonds. The van der Waals surface area contributed by atoms with Gasteiger partial charge in [-0.3, -0.25) is 9.59 Å². The molecule has 0 saturated carbocycles. The summed E-state index contributed by atoms with van der Waals surface area (Å²) >= 11 is 0. The minimum absolute atomic E-state index is 0.157. The van der Waals surface area contributed by atoms with Crippen LogP contribution in [0, 0.1) is 5.92 Å². The highest BCUT2D eigenvalue weighted by Gasteiger charge is 2.30. The molecule has 2 rings (SSSR count). The number of nitrogens with one attached hydrogen (secondary N) is 3. The summed E-state index contributed by atoms with van der Waals surface area (Å²) in [7, 11) is -3.65. The fourth-order valence-corrected chi connectivity index (χ4v) is 3.33. The van der Waals surface area contributed by atoms with Gasteiger partial charge in [-0.2, -0.15) is 4.98 Å². The lowest BCUT2D eigenvalue weighted by molar-refractivity contribution is -0.125. The van der Waals surface area contributed by atoms with Gasteiger partial charge in [0.25, 0.3) is 5.91 Å². The van der Waals surface area contributed by atoms with E-state index < -0.39 is 40.1 Å². The number of carbonyl (C=O) groups excluding carboxylic acids is 2. The average Bonchev–Trinajstić information content (AvgIpc) is 3.18. The van der Waals surface area contributed by atoms with E-state index >= 15 is 0 Å². The van der Waals surface area contributed by atoms with Crippen LogP contribution in [0.1, 0.15) is 36.3 Å². The van der Waals surface area contributed by atoms with Crippen LogP contribution in [0.3, 0.4) is 0 Å². The summed E-state index contributed by atoms with van der Waals surface area (Å²) in [5.74, 6) is -0.949. The van der Waals surface area contributed by atoms with Gasteiger partial charge in [0.15, 0.2) is 5.69 Å². The van der Waals surface area contributed by atoms with E-state index in [0.29, 0.717) is 6.54 Å². The van der Waals surface area contributed by atoms with Gasteiger partial charge in [-0.25, -0.2) is 13.1 Å². The van der Waals surface area contributed by atoms with Gasteiger partial charge in [0.05, 0.1) is 24.8 Å². The van der Waals surface area contributed by atoms with Crippen LogP contribution in [0.25, 0.3) is 0 Å². The van der Waals surface area contributed by atoms with E-state index in [1.807, 2.05) is 24.6 Å². The summed E-state index contributed by atoms with van der Waals surface area (Å²) in [6.07, 6.45) is -1.23. The highest BCUT2D eigenvalue weighted by atomic mass is 32.2. The summed E-state index contributed by atoms with van der Waals surface area (Å²) in [4.78, 5) is 28.5. The van der Waals surface area contributed by atoms with Gasteiger partial charge in [0, 0.05) is 6.54 Å². The molecule has 5 N–H and O–H groups in total. The number of hydrogen-bond acceptors (Lipinski definition) is 8. The maximum Gasteiger partial charge on any atom is 0.309 e. The van der Waals surface area contributed by atoms with Gasteiger partial charge in [-0.05, 0) is 17.9 Å². The Morgan fingerprint density at radius 1 is 1.15 bits per heavy atom. The lowest BCUT2D eigenvalue weighted by atomic mass is 9.96. The van der Waals surface area contributed by atoms with E-state index in [1.54, 1.807) is 24.3 Å². The van der Waals surface area contributed by atoms with Gasteiger partial charge >= 0.3 is 6.01 Å². The van der Waals surface area contributed by atoms with Crippen molar-refractivity contribution in [3.8, 4) is 0 Å². The highest BCUT2D eigenvalue weighted by molar-refractivity contribution is 7.91. The van der Waals surface area contributed by atoms with E-state index in [4.69, 9.17) is 4.42 Å². The normalized spacial score (nSPS) is 14.4. The Labute approximate surface area is 192 Å². The first-order valence-electron chi connectivity index (χ1n) is 10.4. The third kappa shape index (κ3) is 9.20. The number of sulfonamides is 1. The summed E-state index contributed by atoms with van der Waals surface area (Å²) in [6.45, 7) is 4.29. The average molecular weight is 483 g/mol. The lowest BCUT2D eigenvalue weighted by Crippen LogP contribution is -2.51. The Balaban J connectivity index is 2.12. The second-order valence-electron chi connectivity index (χ2n) is 8.14. The fourth-order valence-electron chi connectivity index (χ4n) is 2.92. The van der Waals surface area contributed by atoms with Crippen LogP contribution >= 0.6 is 0 Å². The molecular formula is C21H30N4O7S. The predicted octanol–water partition coefficient (Wildman–Crippen LogP) is 0.271.